The van der Waals surface area contributed by atoms with Crippen molar-refractivity contribution in [1.82, 2.24) is 5.32 Å². The minimum Gasteiger partial charge on any atom is -0.351 e. The van der Waals surface area contributed by atoms with Gasteiger partial charge < -0.3 is 5.32 Å². The number of hydrogen-bond acceptors (Lipinski definition) is 2. The predicted octanol–water partition coefficient (Wildman–Crippen LogP) is 3.31. The van der Waals surface area contributed by atoms with Gasteiger partial charge in [0.2, 0.25) is 5.91 Å². The van der Waals surface area contributed by atoms with E-state index in [2.05, 4.69) is 42.6 Å². The van der Waals surface area contributed by atoms with E-state index in [4.69, 9.17) is 5.26 Å². The third-order valence-corrected chi connectivity index (χ3v) is 3.36. The summed E-state index contributed by atoms with van der Waals surface area (Å²) in [6.45, 7) is 5.74. The molecular formula is C17H18N2O. The number of nitrogens with one attached hydrogen (secondary N) is 1. The number of benzene rings is 2. The summed E-state index contributed by atoms with van der Waals surface area (Å²) < 4.78 is 0. The van der Waals surface area contributed by atoms with E-state index in [0.717, 1.165) is 10.9 Å². The van der Waals surface area contributed by atoms with E-state index in [-0.39, 0.29) is 5.91 Å². The smallest absolute Gasteiger partial charge is 0.240 e. The molecule has 0 heterocycles. The second-order valence-corrected chi connectivity index (χ2v) is 5.60. The molecule has 0 fully saturated rings. The van der Waals surface area contributed by atoms with Crippen molar-refractivity contribution < 1.29 is 4.79 Å². The van der Waals surface area contributed by atoms with Crippen molar-refractivity contribution in [2.75, 3.05) is 0 Å². The van der Waals surface area contributed by atoms with Crippen LogP contribution in [-0.4, -0.2) is 5.91 Å². The van der Waals surface area contributed by atoms with Gasteiger partial charge in [-0.05, 0) is 43.2 Å². The van der Waals surface area contributed by atoms with Crippen LogP contribution in [0, 0.1) is 23.7 Å². The fourth-order valence-electron chi connectivity index (χ4n) is 1.98. The fraction of sp³-hybridized carbons (Fsp3) is 0.294. The van der Waals surface area contributed by atoms with E-state index in [1.165, 1.54) is 10.9 Å². The summed E-state index contributed by atoms with van der Waals surface area (Å²) in [6, 6.07) is 14.4. The highest BCUT2D eigenvalue weighted by Crippen LogP contribution is 2.18. The second kappa shape index (κ2) is 5.34. The monoisotopic (exact) mass is 266 g/mol. The van der Waals surface area contributed by atoms with Crippen molar-refractivity contribution >= 4 is 16.7 Å². The Bertz CT molecular complexity index is 696. The molecule has 2 aromatic rings. The molecule has 2 aromatic carbocycles. The Morgan fingerprint density at radius 2 is 1.85 bits per heavy atom. The lowest BCUT2D eigenvalue weighted by atomic mass is 9.94. The van der Waals surface area contributed by atoms with Gasteiger partial charge in [0, 0.05) is 6.54 Å². The van der Waals surface area contributed by atoms with Crippen molar-refractivity contribution in [1.29, 1.82) is 5.26 Å². The largest absolute Gasteiger partial charge is 0.351 e. The quantitative estimate of drug-likeness (QED) is 0.926. The van der Waals surface area contributed by atoms with Gasteiger partial charge in [-0.2, -0.15) is 5.26 Å². The maximum atomic E-state index is 11.8. The van der Waals surface area contributed by atoms with E-state index in [1.54, 1.807) is 13.8 Å². The van der Waals surface area contributed by atoms with Crippen LogP contribution in [0.1, 0.15) is 25.0 Å². The molecule has 102 valence electrons. The number of nitriles is 1. The minimum atomic E-state index is -0.992. The number of hydrogen-bond donors (Lipinski definition) is 1. The van der Waals surface area contributed by atoms with Gasteiger partial charge in [0.25, 0.3) is 0 Å². The zero-order valence-corrected chi connectivity index (χ0v) is 12.0. The van der Waals surface area contributed by atoms with Crippen LogP contribution in [0.25, 0.3) is 10.8 Å². The molecule has 2 rings (SSSR count). The normalized spacial score (nSPS) is 11.1. The van der Waals surface area contributed by atoms with Crippen molar-refractivity contribution in [3.8, 4) is 6.07 Å². The van der Waals surface area contributed by atoms with Gasteiger partial charge in [0.1, 0.15) is 5.41 Å². The summed E-state index contributed by atoms with van der Waals surface area (Å²) in [5, 5.41) is 14.1. The lowest BCUT2D eigenvalue weighted by Crippen LogP contribution is -2.35. The first-order chi connectivity index (χ1) is 9.42. The van der Waals surface area contributed by atoms with Gasteiger partial charge in [0.05, 0.1) is 6.07 Å². The van der Waals surface area contributed by atoms with Crippen LogP contribution in [-0.2, 0) is 11.3 Å². The molecule has 0 atom stereocenters. The van der Waals surface area contributed by atoms with E-state index in [9.17, 15) is 4.79 Å². The molecule has 0 aliphatic carbocycles. The van der Waals surface area contributed by atoms with Crippen LogP contribution in [0.15, 0.2) is 36.4 Å². The van der Waals surface area contributed by atoms with E-state index in [0.29, 0.717) is 6.54 Å². The lowest BCUT2D eigenvalue weighted by Gasteiger charge is -2.15. The zero-order valence-electron chi connectivity index (χ0n) is 12.0. The summed E-state index contributed by atoms with van der Waals surface area (Å²) >= 11 is 0. The Labute approximate surface area is 119 Å². The standard InChI is InChI=1S/C17H18N2O/c1-12-4-6-15-9-13(5-7-14(15)8-12)10-19-16(20)17(2,3)11-18/h4-9H,10H2,1-3H3,(H,19,20). The molecule has 0 aromatic heterocycles. The molecule has 0 bridgehead atoms. The number of fused-ring (bicyclic) bond motifs is 1. The zero-order chi connectivity index (χ0) is 14.8. The molecule has 3 nitrogen and oxygen atoms in total. The van der Waals surface area contributed by atoms with Crippen molar-refractivity contribution in [3.05, 3.63) is 47.5 Å². The molecule has 1 N–H and O–H groups in total. The van der Waals surface area contributed by atoms with Crippen LogP contribution in [0.2, 0.25) is 0 Å². The summed E-state index contributed by atoms with van der Waals surface area (Å²) in [7, 11) is 0. The first kappa shape index (κ1) is 14.1. The Hall–Kier alpha value is -2.34. The number of aryl methyl sites for hydroxylation is 1. The maximum absolute atomic E-state index is 11.8. The van der Waals surface area contributed by atoms with Crippen molar-refractivity contribution in [2.45, 2.75) is 27.3 Å². The van der Waals surface area contributed by atoms with Gasteiger partial charge in [0.15, 0.2) is 0 Å². The molecule has 0 aliphatic rings. The van der Waals surface area contributed by atoms with Crippen LogP contribution in [0.4, 0.5) is 0 Å². The highest BCUT2D eigenvalue weighted by atomic mass is 16.2. The SMILES string of the molecule is Cc1ccc2cc(CNC(=O)C(C)(C)C#N)ccc2c1. The van der Waals surface area contributed by atoms with E-state index in [1.807, 2.05) is 12.1 Å². The molecular weight excluding hydrogens is 248 g/mol. The molecule has 0 unspecified atom stereocenters. The van der Waals surface area contributed by atoms with Gasteiger partial charge in [-0.1, -0.05) is 35.9 Å². The molecule has 0 radical (unpaired) electrons. The van der Waals surface area contributed by atoms with Gasteiger partial charge in [-0.15, -0.1) is 0 Å². The number of carbonyl (C=O) groups is 1. The summed E-state index contributed by atoms with van der Waals surface area (Å²) in [5.41, 5.74) is 1.27. The third kappa shape index (κ3) is 2.97. The summed E-state index contributed by atoms with van der Waals surface area (Å²) in [4.78, 5) is 11.8. The average molecular weight is 266 g/mol. The third-order valence-electron chi connectivity index (χ3n) is 3.36. The highest BCUT2D eigenvalue weighted by Gasteiger charge is 2.26. The molecule has 0 aliphatic heterocycles. The Kier molecular flexibility index (Phi) is 3.76. The molecule has 1 amide bonds. The molecule has 0 saturated carbocycles. The minimum absolute atomic E-state index is 0.246. The molecule has 20 heavy (non-hydrogen) atoms. The second-order valence-electron chi connectivity index (χ2n) is 5.60. The number of amides is 1. The fourth-order valence-corrected chi connectivity index (χ4v) is 1.98. The van der Waals surface area contributed by atoms with Crippen LogP contribution < -0.4 is 5.32 Å². The topological polar surface area (TPSA) is 52.9 Å². The molecule has 0 spiro atoms. The van der Waals surface area contributed by atoms with Crippen molar-refractivity contribution in [3.63, 3.8) is 0 Å². The Morgan fingerprint density at radius 1 is 1.20 bits per heavy atom. The van der Waals surface area contributed by atoms with Gasteiger partial charge in [-0.25, -0.2) is 0 Å². The van der Waals surface area contributed by atoms with Crippen LogP contribution in [0.5, 0.6) is 0 Å². The average Bonchev–Trinajstić information content (AvgIpc) is 2.44. The lowest BCUT2D eigenvalue weighted by molar-refractivity contribution is -0.126. The predicted molar refractivity (Wildman–Crippen MR) is 79.9 cm³/mol. The number of carbonyl (C=O) groups excluding carboxylic acids is 1. The van der Waals surface area contributed by atoms with Crippen LogP contribution >= 0.6 is 0 Å². The van der Waals surface area contributed by atoms with Crippen LogP contribution in [0.3, 0.4) is 0 Å². The Morgan fingerprint density at radius 3 is 2.55 bits per heavy atom. The first-order valence-corrected chi connectivity index (χ1v) is 6.61. The summed E-state index contributed by atoms with van der Waals surface area (Å²) in [6.07, 6.45) is 0. The Balaban J connectivity index is 2.13. The van der Waals surface area contributed by atoms with E-state index < -0.39 is 5.41 Å². The maximum Gasteiger partial charge on any atom is 0.240 e. The van der Waals surface area contributed by atoms with Crippen molar-refractivity contribution in [2.24, 2.45) is 5.41 Å². The van der Waals surface area contributed by atoms with E-state index >= 15 is 0 Å². The van der Waals surface area contributed by atoms with Gasteiger partial charge >= 0.3 is 0 Å². The van der Waals surface area contributed by atoms with Gasteiger partial charge in [-0.3, -0.25) is 4.79 Å². The molecule has 0 saturated heterocycles. The number of rotatable bonds is 3. The number of nitrogens with zero attached hydrogens (tertiary/aromatic N) is 1. The first-order valence-electron chi connectivity index (χ1n) is 6.61. The molecule has 3 heteroatoms. The summed E-state index contributed by atoms with van der Waals surface area (Å²) in [5.74, 6) is -0.246. The highest BCUT2D eigenvalue weighted by molar-refractivity contribution is 5.85.